The smallest absolute Gasteiger partial charge is 0.405 e. The molecule has 0 spiro atoms. The molecule has 0 aliphatic carbocycles. The van der Waals surface area contributed by atoms with Gasteiger partial charge < -0.3 is 4.74 Å². The van der Waals surface area contributed by atoms with Gasteiger partial charge in [-0.25, -0.2) is 8.42 Å². The van der Waals surface area contributed by atoms with E-state index in [-0.39, 0.29) is 5.56 Å². The van der Waals surface area contributed by atoms with Gasteiger partial charge in [0.25, 0.3) is 9.05 Å². The highest BCUT2D eigenvalue weighted by molar-refractivity contribution is 8.13. The number of benzene rings is 1. The van der Waals surface area contributed by atoms with Gasteiger partial charge in [0.15, 0.2) is 0 Å². The third-order valence-corrected chi connectivity index (χ3v) is 3.57. The molecule has 1 rings (SSSR count). The van der Waals surface area contributed by atoms with Crippen molar-refractivity contribution in [3.8, 4) is 11.8 Å². The molecule has 0 bridgehead atoms. The lowest BCUT2D eigenvalue weighted by molar-refractivity contribution is -0.274. The second kappa shape index (κ2) is 5.45. The van der Waals surface area contributed by atoms with Crippen LogP contribution in [0.4, 0.5) is 13.2 Å². The zero-order valence-electron chi connectivity index (χ0n) is 8.83. The van der Waals surface area contributed by atoms with Crippen LogP contribution >= 0.6 is 22.3 Å². The number of nitrogens with zero attached hydrogens (tertiary/aromatic N) is 1. The van der Waals surface area contributed by atoms with Crippen molar-refractivity contribution in [2.75, 3.05) is 0 Å². The molecule has 1 aromatic carbocycles. The maximum atomic E-state index is 12.1. The molecule has 0 atom stereocenters. The lowest BCUT2D eigenvalue weighted by Gasteiger charge is -2.13. The van der Waals surface area contributed by atoms with Gasteiger partial charge in [-0.05, 0) is 12.1 Å². The summed E-state index contributed by atoms with van der Waals surface area (Å²) in [7, 11) is 0.787. The Morgan fingerprint density at radius 3 is 2.32 bits per heavy atom. The Balaban J connectivity index is 3.50. The normalized spacial score (nSPS) is 12.0. The van der Waals surface area contributed by atoms with Crippen LogP contribution in [0, 0.1) is 11.3 Å². The summed E-state index contributed by atoms with van der Waals surface area (Å²) in [6.45, 7) is 0. The number of ether oxygens (including phenoxy) is 1. The molecular formula is C9H4Cl2F3NO3S. The molecule has 0 saturated heterocycles. The van der Waals surface area contributed by atoms with E-state index in [4.69, 9.17) is 27.5 Å². The number of rotatable bonds is 3. The van der Waals surface area contributed by atoms with E-state index in [2.05, 4.69) is 4.74 Å². The van der Waals surface area contributed by atoms with Crippen LogP contribution in [0.1, 0.15) is 11.1 Å². The Hall–Kier alpha value is -1.17. The highest BCUT2D eigenvalue weighted by Crippen LogP contribution is 2.32. The van der Waals surface area contributed by atoms with Crippen molar-refractivity contribution in [2.24, 2.45) is 0 Å². The zero-order valence-corrected chi connectivity index (χ0v) is 11.2. The molecule has 0 aliphatic rings. The fraction of sp³-hybridized carbons (Fsp3) is 0.222. The van der Waals surface area contributed by atoms with Crippen LogP contribution in [0.15, 0.2) is 17.0 Å². The lowest BCUT2D eigenvalue weighted by atomic mass is 10.1. The van der Waals surface area contributed by atoms with Crippen molar-refractivity contribution in [3.63, 3.8) is 0 Å². The van der Waals surface area contributed by atoms with Crippen LogP contribution in [0.3, 0.4) is 0 Å². The fourth-order valence-electron chi connectivity index (χ4n) is 1.22. The van der Waals surface area contributed by atoms with Crippen LogP contribution in [0.25, 0.3) is 0 Å². The predicted molar refractivity (Wildman–Crippen MR) is 60.4 cm³/mol. The highest BCUT2D eigenvalue weighted by Gasteiger charge is 2.33. The van der Waals surface area contributed by atoms with Gasteiger partial charge in [0.2, 0.25) is 0 Å². The summed E-state index contributed by atoms with van der Waals surface area (Å²) in [5.41, 5.74) is -0.819. The molecule has 0 fully saturated rings. The molecule has 19 heavy (non-hydrogen) atoms. The summed E-state index contributed by atoms with van der Waals surface area (Å²) < 4.78 is 62.4. The molecular weight excluding hydrogens is 330 g/mol. The second-order valence-electron chi connectivity index (χ2n) is 3.19. The third-order valence-electron chi connectivity index (χ3n) is 1.92. The molecule has 0 amide bonds. The average Bonchev–Trinajstić information content (AvgIpc) is 2.24. The van der Waals surface area contributed by atoms with E-state index in [1.54, 1.807) is 0 Å². The predicted octanol–water partition coefficient (Wildman–Crippen LogP) is 3.12. The molecule has 0 N–H and O–H groups in total. The summed E-state index contributed by atoms with van der Waals surface area (Å²) in [6, 6.07) is 2.82. The molecule has 0 heterocycles. The first-order valence-corrected chi connectivity index (χ1v) is 7.26. The highest BCUT2D eigenvalue weighted by atomic mass is 35.7. The second-order valence-corrected chi connectivity index (χ2v) is 5.99. The third kappa shape index (κ3) is 4.16. The van der Waals surface area contributed by atoms with E-state index in [0.717, 1.165) is 6.07 Å². The molecule has 0 saturated carbocycles. The van der Waals surface area contributed by atoms with Gasteiger partial charge in [-0.15, -0.1) is 24.8 Å². The summed E-state index contributed by atoms with van der Waals surface area (Å²) in [5, 5.41) is 8.73. The first-order valence-electron chi connectivity index (χ1n) is 4.42. The van der Waals surface area contributed by atoms with Gasteiger partial charge in [-0.2, -0.15) is 5.26 Å². The summed E-state index contributed by atoms with van der Waals surface area (Å²) in [5.74, 6) is -1.20. The molecule has 0 aliphatic heterocycles. The van der Waals surface area contributed by atoms with Crippen molar-refractivity contribution in [2.45, 2.75) is 17.1 Å². The minimum atomic E-state index is -4.99. The van der Waals surface area contributed by atoms with E-state index >= 15 is 0 Å². The van der Waals surface area contributed by atoms with Gasteiger partial charge in [0, 0.05) is 16.2 Å². The largest absolute Gasteiger partial charge is 0.573 e. The average molecular weight is 334 g/mol. The molecule has 0 radical (unpaired) electrons. The number of halogens is 5. The molecule has 4 nitrogen and oxygen atoms in total. The van der Waals surface area contributed by atoms with E-state index < -0.39 is 37.5 Å². The quantitative estimate of drug-likeness (QED) is 0.629. The monoisotopic (exact) mass is 333 g/mol. The molecule has 104 valence electrons. The maximum absolute atomic E-state index is 12.1. The van der Waals surface area contributed by atoms with Crippen LogP contribution in [0.2, 0.25) is 0 Å². The van der Waals surface area contributed by atoms with E-state index in [1.165, 1.54) is 6.07 Å². The zero-order chi connectivity index (χ0) is 14.8. The first-order chi connectivity index (χ1) is 8.58. The summed E-state index contributed by atoms with van der Waals surface area (Å²) in [4.78, 5) is -0.623. The standard InChI is InChI=1S/C9H4Cl2F3NO3S/c10-3-5-2-8(19(11,16)17)6(4-15)1-7(5)18-9(12,13)14/h1-2H,3H2. The Morgan fingerprint density at radius 1 is 1.37 bits per heavy atom. The van der Waals surface area contributed by atoms with Gasteiger partial charge >= 0.3 is 6.36 Å². The lowest BCUT2D eigenvalue weighted by Crippen LogP contribution is -2.18. The Bertz CT molecular complexity index is 637. The van der Waals surface area contributed by atoms with Gasteiger partial charge in [0.1, 0.15) is 16.7 Å². The van der Waals surface area contributed by atoms with E-state index in [0.29, 0.717) is 6.07 Å². The van der Waals surface area contributed by atoms with Gasteiger partial charge in [-0.1, -0.05) is 0 Å². The minimum Gasteiger partial charge on any atom is -0.405 e. The summed E-state index contributed by atoms with van der Waals surface area (Å²) >= 11 is 5.41. The molecule has 0 unspecified atom stereocenters. The fourth-order valence-corrected chi connectivity index (χ4v) is 2.46. The number of nitriles is 1. The van der Waals surface area contributed by atoms with E-state index in [9.17, 15) is 21.6 Å². The maximum Gasteiger partial charge on any atom is 0.573 e. The Labute approximate surface area is 115 Å². The number of alkyl halides is 4. The van der Waals surface area contributed by atoms with Crippen LogP contribution in [-0.2, 0) is 14.9 Å². The van der Waals surface area contributed by atoms with Crippen molar-refractivity contribution >= 4 is 31.3 Å². The number of hydrogen-bond acceptors (Lipinski definition) is 4. The molecule has 1 aromatic rings. The Kier molecular flexibility index (Phi) is 4.55. The van der Waals surface area contributed by atoms with Crippen molar-refractivity contribution in [1.82, 2.24) is 0 Å². The van der Waals surface area contributed by atoms with Crippen molar-refractivity contribution in [1.29, 1.82) is 5.26 Å². The minimum absolute atomic E-state index is 0.253. The number of hydrogen-bond donors (Lipinski definition) is 0. The summed E-state index contributed by atoms with van der Waals surface area (Å²) in [6.07, 6.45) is -4.99. The van der Waals surface area contributed by atoms with Crippen molar-refractivity contribution in [3.05, 3.63) is 23.3 Å². The van der Waals surface area contributed by atoms with Crippen LogP contribution < -0.4 is 4.74 Å². The topological polar surface area (TPSA) is 67.2 Å². The Morgan fingerprint density at radius 2 is 1.95 bits per heavy atom. The van der Waals surface area contributed by atoms with Crippen LogP contribution in [0.5, 0.6) is 5.75 Å². The SMILES string of the molecule is N#Cc1cc(OC(F)(F)F)c(CCl)cc1S(=O)(=O)Cl. The van der Waals surface area contributed by atoms with Gasteiger partial charge in [0.05, 0.1) is 11.4 Å². The van der Waals surface area contributed by atoms with Gasteiger partial charge in [-0.3, -0.25) is 0 Å². The molecule has 0 aromatic heterocycles. The van der Waals surface area contributed by atoms with E-state index in [1.807, 2.05) is 0 Å². The first kappa shape index (κ1) is 15.9. The van der Waals surface area contributed by atoms with Crippen molar-refractivity contribution < 1.29 is 26.3 Å². The van der Waals surface area contributed by atoms with Crippen LogP contribution in [-0.4, -0.2) is 14.8 Å². The molecule has 10 heteroatoms.